The molecule has 6 rings (SSSR count). The van der Waals surface area contributed by atoms with Crippen LogP contribution >= 0.6 is 0 Å². The van der Waals surface area contributed by atoms with Crippen molar-refractivity contribution >= 4 is 5.91 Å². The van der Waals surface area contributed by atoms with Crippen molar-refractivity contribution in [2.24, 2.45) is 17.8 Å². The Labute approximate surface area is 192 Å². The second kappa shape index (κ2) is 8.03. The second-order valence-corrected chi connectivity index (χ2v) is 10.8. The average Bonchev–Trinajstić information content (AvgIpc) is 2.65. The molecule has 0 aromatic heterocycles. The van der Waals surface area contributed by atoms with Gasteiger partial charge in [0.2, 0.25) is 0 Å². The molecule has 4 bridgehead atoms. The molecular formula is C24H35IN2O2. The number of carbonyl (C=O) groups is 1. The standard InChI is InChI=1S/C24H35N2O2.HI/c1-26(2)9-7-25(8-10-26)23(27)17-28-22-5-3-21(4-6-22)24-14-18-11-19(15-24)13-20(12-18)16-24;/h3-6,18-20H,7-17H2,1-2H3;1H/q+1;/p-1. The molecule has 0 unspecified atom stereocenters. The van der Waals surface area contributed by atoms with Crippen LogP contribution in [0.3, 0.4) is 0 Å². The first-order chi connectivity index (χ1) is 13.4. The van der Waals surface area contributed by atoms with E-state index in [4.69, 9.17) is 4.74 Å². The molecule has 160 valence electrons. The number of benzene rings is 1. The summed E-state index contributed by atoms with van der Waals surface area (Å²) in [6, 6.07) is 8.76. The molecule has 1 amide bonds. The summed E-state index contributed by atoms with van der Waals surface area (Å²) in [5.74, 6) is 3.84. The van der Waals surface area contributed by atoms with E-state index in [1.165, 1.54) is 44.1 Å². The maximum Gasteiger partial charge on any atom is 0.260 e. The molecule has 0 atom stereocenters. The molecule has 5 heteroatoms. The lowest BCUT2D eigenvalue weighted by atomic mass is 9.48. The minimum absolute atomic E-state index is 0. The van der Waals surface area contributed by atoms with Crippen LogP contribution in [0.25, 0.3) is 0 Å². The molecule has 4 aliphatic carbocycles. The Balaban J connectivity index is 0.00000205. The molecule has 0 N–H and O–H groups in total. The monoisotopic (exact) mass is 510 g/mol. The Morgan fingerprint density at radius 3 is 2.03 bits per heavy atom. The van der Waals surface area contributed by atoms with Crippen molar-refractivity contribution in [1.29, 1.82) is 0 Å². The fourth-order valence-electron chi connectivity index (χ4n) is 6.86. The van der Waals surface area contributed by atoms with Crippen molar-refractivity contribution in [2.75, 3.05) is 46.9 Å². The summed E-state index contributed by atoms with van der Waals surface area (Å²) < 4.78 is 6.85. The van der Waals surface area contributed by atoms with E-state index in [2.05, 4.69) is 38.4 Å². The highest BCUT2D eigenvalue weighted by Crippen LogP contribution is 2.60. The van der Waals surface area contributed by atoms with Crippen LogP contribution in [0, 0.1) is 17.8 Å². The molecule has 4 nitrogen and oxygen atoms in total. The van der Waals surface area contributed by atoms with Gasteiger partial charge in [-0.15, -0.1) is 0 Å². The molecule has 4 saturated carbocycles. The van der Waals surface area contributed by atoms with Crippen molar-refractivity contribution in [3.8, 4) is 5.75 Å². The van der Waals surface area contributed by atoms with Crippen molar-refractivity contribution in [1.82, 2.24) is 4.90 Å². The summed E-state index contributed by atoms with van der Waals surface area (Å²) in [6.07, 6.45) is 8.61. The second-order valence-electron chi connectivity index (χ2n) is 10.8. The highest BCUT2D eigenvalue weighted by molar-refractivity contribution is 5.77. The zero-order chi connectivity index (χ0) is 19.4. The zero-order valence-electron chi connectivity index (χ0n) is 17.9. The van der Waals surface area contributed by atoms with Crippen molar-refractivity contribution in [2.45, 2.75) is 43.9 Å². The van der Waals surface area contributed by atoms with Gasteiger partial charge in [-0.25, -0.2) is 0 Å². The van der Waals surface area contributed by atoms with Gasteiger partial charge >= 0.3 is 0 Å². The van der Waals surface area contributed by atoms with Crippen molar-refractivity contribution < 1.29 is 38.0 Å². The Kier molecular flexibility index (Phi) is 5.93. The largest absolute Gasteiger partial charge is 1.00 e. The number of halogens is 1. The number of ether oxygens (including phenoxy) is 1. The lowest BCUT2D eigenvalue weighted by Crippen LogP contribution is -3.00. The molecule has 0 radical (unpaired) electrons. The van der Waals surface area contributed by atoms with Gasteiger partial charge in [0.25, 0.3) is 5.91 Å². The number of hydrogen-bond donors (Lipinski definition) is 0. The minimum Gasteiger partial charge on any atom is -1.00 e. The predicted molar refractivity (Wildman–Crippen MR) is 110 cm³/mol. The number of amides is 1. The fraction of sp³-hybridized carbons (Fsp3) is 0.708. The smallest absolute Gasteiger partial charge is 0.260 e. The summed E-state index contributed by atoms with van der Waals surface area (Å²) in [4.78, 5) is 14.4. The average molecular weight is 510 g/mol. The third kappa shape index (κ3) is 4.32. The Hall–Kier alpha value is -0.820. The van der Waals surface area contributed by atoms with Crippen LogP contribution in [-0.2, 0) is 10.2 Å². The first-order valence-corrected chi connectivity index (χ1v) is 11.2. The molecule has 1 aliphatic heterocycles. The maximum atomic E-state index is 12.5. The Morgan fingerprint density at radius 1 is 1.00 bits per heavy atom. The van der Waals surface area contributed by atoms with Crippen LogP contribution < -0.4 is 28.7 Å². The van der Waals surface area contributed by atoms with Gasteiger partial charge in [0, 0.05) is 0 Å². The summed E-state index contributed by atoms with van der Waals surface area (Å²) in [5, 5.41) is 0. The molecule has 1 aromatic carbocycles. The third-order valence-electron chi connectivity index (χ3n) is 8.17. The number of hydrogen-bond acceptors (Lipinski definition) is 2. The number of piperazine rings is 1. The number of rotatable bonds is 4. The van der Waals surface area contributed by atoms with Crippen LogP contribution in [-0.4, -0.2) is 62.2 Å². The summed E-state index contributed by atoms with van der Waals surface area (Å²) in [5.41, 5.74) is 1.95. The van der Waals surface area contributed by atoms with Gasteiger partial charge in [-0.1, -0.05) is 12.1 Å². The number of quaternary nitrogens is 1. The molecule has 1 heterocycles. The highest BCUT2D eigenvalue weighted by atomic mass is 127. The Bertz CT molecular complexity index is 700. The van der Waals surface area contributed by atoms with Gasteiger partial charge in [-0.05, 0) is 79.4 Å². The topological polar surface area (TPSA) is 29.5 Å². The number of carbonyl (C=O) groups excluding carboxylic acids is 1. The molecular weight excluding hydrogens is 475 g/mol. The first-order valence-electron chi connectivity index (χ1n) is 11.2. The summed E-state index contributed by atoms with van der Waals surface area (Å²) >= 11 is 0. The third-order valence-corrected chi connectivity index (χ3v) is 8.17. The first kappa shape index (κ1) is 21.4. The van der Waals surface area contributed by atoms with E-state index in [9.17, 15) is 4.79 Å². The SMILES string of the molecule is C[N+]1(C)CCN(C(=O)COc2ccc(C34CC5CC(CC(C5)C3)C4)cc2)CC1.[I-]. The summed E-state index contributed by atoms with van der Waals surface area (Å²) in [6.45, 7) is 3.86. The molecule has 1 aromatic rings. The molecule has 5 aliphatic rings. The van der Waals surface area contributed by atoms with E-state index >= 15 is 0 Å². The molecule has 0 spiro atoms. The summed E-state index contributed by atoms with van der Waals surface area (Å²) in [7, 11) is 4.45. The van der Waals surface area contributed by atoms with Crippen molar-refractivity contribution in [3.05, 3.63) is 29.8 Å². The van der Waals surface area contributed by atoms with Gasteiger partial charge in [-0.2, -0.15) is 0 Å². The molecule has 5 fully saturated rings. The highest BCUT2D eigenvalue weighted by Gasteiger charge is 2.51. The normalized spacial score (nSPS) is 34.6. The predicted octanol–water partition coefficient (Wildman–Crippen LogP) is 0.456. The molecule has 29 heavy (non-hydrogen) atoms. The van der Waals surface area contributed by atoms with E-state index < -0.39 is 0 Å². The van der Waals surface area contributed by atoms with E-state index in [1.807, 2.05) is 4.90 Å². The van der Waals surface area contributed by atoms with Crippen molar-refractivity contribution in [3.63, 3.8) is 0 Å². The van der Waals surface area contributed by atoms with E-state index in [0.717, 1.165) is 54.2 Å². The van der Waals surface area contributed by atoms with Crippen LogP contribution in [0.1, 0.15) is 44.1 Å². The van der Waals surface area contributed by atoms with E-state index in [1.54, 1.807) is 0 Å². The van der Waals surface area contributed by atoms with Crippen LogP contribution in [0.2, 0.25) is 0 Å². The number of nitrogens with zero attached hydrogens (tertiary/aromatic N) is 2. The minimum atomic E-state index is 0. The van der Waals surface area contributed by atoms with Gasteiger partial charge in [0.15, 0.2) is 6.61 Å². The van der Waals surface area contributed by atoms with Gasteiger partial charge in [-0.3, -0.25) is 4.79 Å². The maximum absolute atomic E-state index is 12.5. The fourth-order valence-corrected chi connectivity index (χ4v) is 6.86. The number of likely N-dealkylation sites (N-methyl/N-ethyl adjacent to an activating group) is 1. The lowest BCUT2D eigenvalue weighted by molar-refractivity contribution is -0.894. The quantitative estimate of drug-likeness (QED) is 0.435. The van der Waals surface area contributed by atoms with Crippen LogP contribution in [0.4, 0.5) is 0 Å². The lowest BCUT2D eigenvalue weighted by Gasteiger charge is -2.57. The van der Waals surface area contributed by atoms with Gasteiger partial charge in [0.1, 0.15) is 5.75 Å². The van der Waals surface area contributed by atoms with E-state index in [-0.39, 0.29) is 36.5 Å². The zero-order valence-corrected chi connectivity index (χ0v) is 20.1. The van der Waals surface area contributed by atoms with Gasteiger partial charge in [0.05, 0.1) is 40.3 Å². The van der Waals surface area contributed by atoms with Crippen LogP contribution in [0.5, 0.6) is 5.75 Å². The molecule has 1 saturated heterocycles. The van der Waals surface area contributed by atoms with Gasteiger partial charge < -0.3 is 38.1 Å². The van der Waals surface area contributed by atoms with Crippen LogP contribution in [0.15, 0.2) is 24.3 Å². The van der Waals surface area contributed by atoms with E-state index in [0.29, 0.717) is 5.41 Å². The Morgan fingerprint density at radius 2 is 1.52 bits per heavy atom.